The first-order chi connectivity index (χ1) is 18.4. The largest absolute Gasteiger partial charge is 0.400 e. The van der Waals surface area contributed by atoms with Crippen molar-refractivity contribution < 1.29 is 12.8 Å². The van der Waals surface area contributed by atoms with E-state index in [-0.39, 0.29) is 8.76 Å². The molecule has 0 spiro atoms. The van der Waals surface area contributed by atoms with Crippen LogP contribution in [0, 0.1) is 38.0 Å². The van der Waals surface area contributed by atoms with Crippen molar-refractivity contribution in [1.29, 1.82) is 0 Å². The Morgan fingerprint density at radius 2 is 1.92 bits per heavy atom. The van der Waals surface area contributed by atoms with Gasteiger partial charge in [-0.15, -0.1) is 18.8 Å². The Labute approximate surface area is 233 Å². The van der Waals surface area contributed by atoms with Gasteiger partial charge in [-0.3, -0.25) is 9.79 Å². The van der Waals surface area contributed by atoms with Gasteiger partial charge < -0.3 is 10.8 Å². The molecule has 0 aromatic heterocycles. The first-order valence-corrected chi connectivity index (χ1v) is 13.3. The van der Waals surface area contributed by atoms with Crippen LogP contribution >= 0.6 is 0 Å². The monoisotopic (exact) mass is 515 g/mol. The number of aliphatic hydroxyl groups is 1. The van der Waals surface area contributed by atoms with Crippen LogP contribution in [0.1, 0.15) is 99.8 Å². The topological polar surface area (TPSA) is 75.7 Å². The van der Waals surface area contributed by atoms with Crippen LogP contribution in [0.3, 0.4) is 0 Å². The number of hydrogen-bond donors (Lipinski definition) is 2. The summed E-state index contributed by atoms with van der Waals surface area (Å²) in [5.41, 5.74) is 15.0. The van der Waals surface area contributed by atoms with E-state index in [1.807, 2.05) is 32.9 Å². The van der Waals surface area contributed by atoms with Crippen molar-refractivity contribution in [2.45, 2.75) is 72.1 Å². The number of hydrogen-bond acceptors (Lipinski definition) is 3. The summed E-state index contributed by atoms with van der Waals surface area (Å²) in [5.74, 6) is 5.50. The highest BCUT2D eigenvalue weighted by atomic mass is 16.2. The number of carbonyl (C=O) groups excluding carboxylic acids is 1. The highest BCUT2D eigenvalue weighted by Gasteiger charge is 2.31. The Balaban J connectivity index is 0. The molecule has 2 aromatic carbocycles. The number of aryl methyl sites for hydroxylation is 2. The van der Waals surface area contributed by atoms with E-state index in [1.54, 1.807) is 0 Å². The third-order valence-electron chi connectivity index (χ3n) is 6.61. The lowest BCUT2D eigenvalue weighted by Gasteiger charge is -2.24. The van der Waals surface area contributed by atoms with Crippen LogP contribution in [0.25, 0.3) is 5.57 Å². The maximum Gasteiger partial charge on any atom is 0.248 e. The number of aliphatic imine (C=N–C) groups is 1. The van der Waals surface area contributed by atoms with E-state index in [4.69, 9.17) is 23.7 Å². The number of benzene rings is 2. The number of fused-ring (bicyclic) bond motifs is 1. The lowest BCUT2D eigenvalue weighted by atomic mass is 9.80. The standard InChI is InChI=1S/C22H22NO.C9H11N.C2H6.CH4O.2H2/c1-13-4-3-5-19(21(13)16-7-8-16)14(2)18-11-10-15-6-9-17(22(23)24)12-20(15)18;1-4-6-7-8-10-9(3)5-2;2*1-2;;/h3-9,12,14,18H,10-11H2,1-2H3,(H2,23,24);1-2H,6-8H2,3H3;1-2H3;2H,1H3;2*1H. The lowest BCUT2D eigenvalue weighted by Crippen LogP contribution is -2.13. The van der Waals surface area contributed by atoms with Gasteiger partial charge in [0.2, 0.25) is 5.91 Å². The number of amides is 1. The molecule has 0 heterocycles. The fraction of sp³-hybridized carbons (Fsp3) is 0.382. The van der Waals surface area contributed by atoms with Crippen molar-refractivity contribution in [2.75, 3.05) is 13.7 Å². The molecule has 0 fully saturated rings. The maximum atomic E-state index is 11.6. The van der Waals surface area contributed by atoms with Gasteiger partial charge in [0.15, 0.2) is 0 Å². The van der Waals surface area contributed by atoms with Crippen LogP contribution in [0.4, 0.5) is 0 Å². The number of primary amides is 1. The summed E-state index contributed by atoms with van der Waals surface area (Å²) in [6.45, 7) is 11.1. The summed E-state index contributed by atoms with van der Waals surface area (Å²) < 4.78 is 0. The number of terminal acetylenes is 2. The molecule has 2 aliphatic carbocycles. The Morgan fingerprint density at radius 1 is 1.24 bits per heavy atom. The number of carbonyl (C=O) groups is 1. The van der Waals surface area contributed by atoms with Crippen LogP contribution < -0.4 is 5.73 Å². The van der Waals surface area contributed by atoms with Gasteiger partial charge in [-0.2, -0.15) is 0 Å². The molecule has 4 heteroatoms. The Kier molecular flexibility index (Phi) is 14.5. The van der Waals surface area contributed by atoms with Crippen LogP contribution in [-0.2, 0) is 6.42 Å². The fourth-order valence-corrected chi connectivity index (χ4v) is 4.67. The molecular formula is C34H47N2O2. The van der Waals surface area contributed by atoms with E-state index >= 15 is 0 Å². The third kappa shape index (κ3) is 9.05. The molecule has 205 valence electrons. The fourth-order valence-electron chi connectivity index (χ4n) is 4.67. The number of rotatable bonds is 7. The van der Waals surface area contributed by atoms with Crippen LogP contribution in [0.2, 0.25) is 0 Å². The SMILES string of the molecule is C#CCCCN=C(C)C#C.CC.CO.Cc1cccc(C(C)C2CCc3ccc(C(N)=O)cc32)c1C1=C[CH]1.[HH].[HH]. The summed E-state index contributed by atoms with van der Waals surface area (Å²) in [7, 11) is 1.00. The van der Waals surface area contributed by atoms with Gasteiger partial charge in [0, 0.05) is 34.9 Å². The minimum atomic E-state index is -0.343. The summed E-state index contributed by atoms with van der Waals surface area (Å²) >= 11 is 0. The average Bonchev–Trinajstić information content (AvgIpc) is 3.70. The molecule has 2 aliphatic rings. The van der Waals surface area contributed by atoms with E-state index in [1.165, 1.54) is 33.4 Å². The highest BCUT2D eigenvalue weighted by molar-refractivity contribution is 5.97. The van der Waals surface area contributed by atoms with Crippen molar-refractivity contribution in [2.24, 2.45) is 10.7 Å². The van der Waals surface area contributed by atoms with E-state index in [0.717, 1.165) is 45.0 Å². The number of allylic oxidation sites excluding steroid dienone is 2. The van der Waals surface area contributed by atoms with Gasteiger partial charge in [-0.1, -0.05) is 57.0 Å². The molecule has 2 aromatic rings. The smallest absolute Gasteiger partial charge is 0.248 e. The first kappa shape index (κ1) is 32.4. The molecule has 2 unspecified atom stereocenters. The number of nitrogens with zero attached hydrogens (tertiary/aromatic N) is 1. The molecule has 0 aliphatic heterocycles. The second-order valence-corrected chi connectivity index (χ2v) is 8.96. The highest BCUT2D eigenvalue weighted by Crippen LogP contribution is 2.46. The summed E-state index contributed by atoms with van der Waals surface area (Å²) in [4.78, 5) is 15.6. The molecule has 4 nitrogen and oxygen atoms in total. The zero-order chi connectivity index (χ0) is 28.7. The summed E-state index contributed by atoms with van der Waals surface area (Å²) in [6, 6.07) is 12.6. The first-order valence-electron chi connectivity index (χ1n) is 13.3. The van der Waals surface area contributed by atoms with Crippen LogP contribution in [0.5, 0.6) is 0 Å². The lowest BCUT2D eigenvalue weighted by molar-refractivity contribution is 0.1000. The van der Waals surface area contributed by atoms with Crippen molar-refractivity contribution >= 4 is 17.2 Å². The van der Waals surface area contributed by atoms with E-state index in [0.29, 0.717) is 17.4 Å². The van der Waals surface area contributed by atoms with Crippen molar-refractivity contribution in [3.8, 4) is 24.7 Å². The van der Waals surface area contributed by atoms with Gasteiger partial charge in [-0.25, -0.2) is 0 Å². The molecule has 1 radical (unpaired) electrons. The molecule has 0 bridgehead atoms. The Bertz CT molecular complexity index is 1220. The molecule has 4 rings (SSSR count). The zero-order valence-electron chi connectivity index (χ0n) is 23.8. The predicted octanol–water partition coefficient (Wildman–Crippen LogP) is 7.15. The minimum Gasteiger partial charge on any atom is -0.400 e. The quantitative estimate of drug-likeness (QED) is 0.233. The third-order valence-corrected chi connectivity index (χ3v) is 6.61. The van der Waals surface area contributed by atoms with Gasteiger partial charge in [0.05, 0.1) is 5.71 Å². The summed E-state index contributed by atoms with van der Waals surface area (Å²) in [5, 5.41) is 7.00. The van der Waals surface area contributed by atoms with Crippen LogP contribution in [0.15, 0.2) is 47.5 Å². The van der Waals surface area contributed by atoms with Gasteiger partial charge in [0.1, 0.15) is 0 Å². The number of nitrogens with two attached hydrogens (primary N) is 1. The molecule has 0 saturated carbocycles. The average molecular weight is 516 g/mol. The second kappa shape index (κ2) is 17.0. The second-order valence-electron chi connectivity index (χ2n) is 8.96. The van der Waals surface area contributed by atoms with Gasteiger partial charge in [-0.05, 0) is 90.5 Å². The van der Waals surface area contributed by atoms with Crippen molar-refractivity contribution in [1.82, 2.24) is 0 Å². The van der Waals surface area contributed by atoms with E-state index < -0.39 is 0 Å². The molecule has 2 atom stereocenters. The minimum absolute atomic E-state index is 0. The predicted molar refractivity (Wildman–Crippen MR) is 166 cm³/mol. The van der Waals surface area contributed by atoms with Crippen LogP contribution in [-0.4, -0.2) is 30.4 Å². The maximum absolute atomic E-state index is 11.6. The molecule has 1 amide bonds. The van der Waals surface area contributed by atoms with E-state index in [2.05, 4.69) is 67.4 Å². The summed E-state index contributed by atoms with van der Waals surface area (Å²) in [6.07, 6.45) is 18.4. The van der Waals surface area contributed by atoms with Gasteiger partial charge >= 0.3 is 0 Å². The van der Waals surface area contributed by atoms with E-state index in [9.17, 15) is 4.79 Å². The molecule has 3 N–H and O–H groups in total. The van der Waals surface area contributed by atoms with Crippen molar-refractivity contribution in [3.63, 3.8) is 0 Å². The number of aliphatic hydroxyl groups excluding tert-OH is 1. The molecule has 38 heavy (non-hydrogen) atoms. The van der Waals surface area contributed by atoms with Crippen molar-refractivity contribution in [3.05, 3.63) is 82.3 Å². The normalized spacial score (nSPS) is 15.3. The number of unbranched alkanes of at least 4 members (excludes halogenated alkanes) is 1. The molecule has 0 saturated heterocycles. The Hall–Kier alpha value is -3.60. The van der Waals surface area contributed by atoms with Gasteiger partial charge in [0.25, 0.3) is 0 Å². The Morgan fingerprint density at radius 3 is 2.50 bits per heavy atom. The zero-order valence-corrected chi connectivity index (χ0v) is 23.8. The molecular weight excluding hydrogens is 468 g/mol.